The minimum absolute atomic E-state index is 0.0833. The molecule has 1 amide bonds. The van der Waals surface area contributed by atoms with Crippen molar-refractivity contribution in [3.63, 3.8) is 0 Å². The maximum Gasteiger partial charge on any atom is 0.329 e. The summed E-state index contributed by atoms with van der Waals surface area (Å²) in [5, 5.41) is 0.492. The molecule has 1 saturated heterocycles. The monoisotopic (exact) mass is 355 g/mol. The average Bonchev–Trinajstić information content (AvgIpc) is 2.92. The number of ether oxygens (including phenoxy) is 1. The van der Waals surface area contributed by atoms with E-state index >= 15 is 0 Å². The molecule has 0 bridgehead atoms. The van der Waals surface area contributed by atoms with Gasteiger partial charge in [-0.15, -0.1) is 11.8 Å². The second-order valence-electron chi connectivity index (χ2n) is 6.54. The summed E-state index contributed by atoms with van der Waals surface area (Å²) in [6.45, 7) is 8.29. The number of nitrogens with zero attached hydrogens (tertiary/aromatic N) is 1. The first kappa shape index (κ1) is 18.1. The van der Waals surface area contributed by atoms with Crippen molar-refractivity contribution in [2.24, 2.45) is 5.41 Å². The van der Waals surface area contributed by atoms with Crippen molar-refractivity contribution in [3.05, 3.63) is 34.9 Å². The van der Waals surface area contributed by atoms with E-state index in [0.717, 1.165) is 0 Å². The number of carbonyl (C=O) groups is 2. The fourth-order valence-electron chi connectivity index (χ4n) is 2.58. The van der Waals surface area contributed by atoms with E-state index in [1.54, 1.807) is 47.9 Å². The molecule has 0 aromatic heterocycles. The van der Waals surface area contributed by atoms with Gasteiger partial charge in [-0.2, -0.15) is 0 Å². The molecule has 23 heavy (non-hydrogen) atoms. The summed E-state index contributed by atoms with van der Waals surface area (Å²) in [4.78, 5) is 26.9. The molecule has 1 heterocycles. The molecule has 4 nitrogen and oxygen atoms in total. The standard InChI is InChI=1S/C17H22ClNO3S/c1-5-22-15(21)13-10-23-16(17(2,3)4)19(13)14(20)11-6-8-12(18)9-7-11/h6-9,13,16H,5,10H2,1-4H3/t13-,16+/m0/s1. The quantitative estimate of drug-likeness (QED) is 0.773. The summed E-state index contributed by atoms with van der Waals surface area (Å²) in [5.41, 5.74) is 0.383. The molecule has 0 aliphatic carbocycles. The third-order valence-electron chi connectivity index (χ3n) is 3.63. The van der Waals surface area contributed by atoms with Crippen LogP contribution in [0.3, 0.4) is 0 Å². The molecule has 1 aliphatic rings. The van der Waals surface area contributed by atoms with E-state index in [1.807, 2.05) is 0 Å². The van der Waals surface area contributed by atoms with Crippen LogP contribution in [-0.2, 0) is 9.53 Å². The Balaban J connectivity index is 2.34. The summed E-state index contributed by atoms with van der Waals surface area (Å²) < 4.78 is 5.15. The van der Waals surface area contributed by atoms with Crippen LogP contribution in [0.4, 0.5) is 0 Å². The van der Waals surface area contributed by atoms with Crippen LogP contribution in [0.5, 0.6) is 0 Å². The summed E-state index contributed by atoms with van der Waals surface area (Å²) in [5.74, 6) is 0.0545. The lowest BCUT2D eigenvalue weighted by atomic mass is 9.94. The molecule has 6 heteroatoms. The molecule has 0 N–H and O–H groups in total. The van der Waals surface area contributed by atoms with E-state index in [2.05, 4.69) is 20.8 Å². The van der Waals surface area contributed by atoms with Gasteiger partial charge in [-0.25, -0.2) is 4.79 Å². The molecule has 2 atom stereocenters. The number of halogens is 1. The van der Waals surface area contributed by atoms with Crippen LogP contribution in [0.25, 0.3) is 0 Å². The van der Waals surface area contributed by atoms with Gasteiger partial charge < -0.3 is 9.64 Å². The van der Waals surface area contributed by atoms with E-state index < -0.39 is 6.04 Å². The number of hydrogen-bond donors (Lipinski definition) is 0. The van der Waals surface area contributed by atoms with Crippen LogP contribution in [0.15, 0.2) is 24.3 Å². The van der Waals surface area contributed by atoms with Crippen molar-refractivity contribution in [1.82, 2.24) is 4.90 Å². The highest BCUT2D eigenvalue weighted by Crippen LogP contribution is 2.41. The number of carbonyl (C=O) groups excluding carboxylic acids is 2. The summed E-state index contributed by atoms with van der Waals surface area (Å²) in [6.07, 6.45) is 0. The van der Waals surface area contributed by atoms with Gasteiger partial charge in [0.05, 0.1) is 12.0 Å². The van der Waals surface area contributed by atoms with Crippen molar-refractivity contribution >= 4 is 35.2 Å². The van der Waals surface area contributed by atoms with E-state index in [9.17, 15) is 9.59 Å². The third-order valence-corrected chi connectivity index (χ3v) is 5.64. The van der Waals surface area contributed by atoms with Gasteiger partial charge in [0.1, 0.15) is 6.04 Å². The Labute approximate surface area is 146 Å². The van der Waals surface area contributed by atoms with Gasteiger partial charge in [-0.3, -0.25) is 4.79 Å². The van der Waals surface area contributed by atoms with Gasteiger partial charge in [0, 0.05) is 16.3 Å². The fraction of sp³-hybridized carbons (Fsp3) is 0.529. The SMILES string of the molecule is CCOC(=O)[C@@H]1CS[C@H](C(C)(C)C)N1C(=O)c1ccc(Cl)cc1. The Kier molecular flexibility index (Phi) is 5.63. The van der Waals surface area contributed by atoms with Crippen molar-refractivity contribution in [1.29, 1.82) is 0 Å². The smallest absolute Gasteiger partial charge is 0.329 e. The Morgan fingerprint density at radius 2 is 1.91 bits per heavy atom. The van der Waals surface area contributed by atoms with Crippen LogP contribution in [-0.4, -0.2) is 40.6 Å². The molecule has 0 spiro atoms. The molecule has 1 aromatic carbocycles. The lowest BCUT2D eigenvalue weighted by Crippen LogP contribution is -2.50. The lowest BCUT2D eigenvalue weighted by Gasteiger charge is -2.36. The second kappa shape index (κ2) is 7.14. The molecule has 1 aliphatic heterocycles. The normalized spacial score (nSPS) is 21.3. The minimum Gasteiger partial charge on any atom is -0.464 e. The van der Waals surface area contributed by atoms with Crippen LogP contribution in [0.2, 0.25) is 5.02 Å². The first-order chi connectivity index (χ1) is 10.8. The highest BCUT2D eigenvalue weighted by molar-refractivity contribution is 8.00. The van der Waals surface area contributed by atoms with Crippen LogP contribution in [0.1, 0.15) is 38.1 Å². The maximum absolute atomic E-state index is 13.0. The molecule has 0 unspecified atom stereocenters. The van der Waals surface area contributed by atoms with Gasteiger partial charge in [0.15, 0.2) is 0 Å². The first-order valence-electron chi connectivity index (χ1n) is 7.62. The molecular weight excluding hydrogens is 334 g/mol. The summed E-state index contributed by atoms with van der Waals surface area (Å²) in [6, 6.07) is 6.20. The molecule has 126 valence electrons. The second-order valence-corrected chi connectivity index (χ2v) is 8.09. The van der Waals surface area contributed by atoms with Crippen LogP contribution in [0, 0.1) is 5.41 Å². The molecule has 0 saturated carbocycles. The van der Waals surface area contributed by atoms with Gasteiger partial charge in [-0.1, -0.05) is 32.4 Å². The predicted molar refractivity (Wildman–Crippen MR) is 93.7 cm³/mol. The molecule has 2 rings (SSSR count). The van der Waals surface area contributed by atoms with Crippen molar-refractivity contribution in [2.75, 3.05) is 12.4 Å². The lowest BCUT2D eigenvalue weighted by molar-refractivity contribution is -0.147. The van der Waals surface area contributed by atoms with Crippen molar-refractivity contribution < 1.29 is 14.3 Å². The zero-order chi connectivity index (χ0) is 17.2. The number of amides is 1. The van der Waals surface area contributed by atoms with E-state index in [-0.39, 0.29) is 22.7 Å². The third kappa shape index (κ3) is 4.01. The topological polar surface area (TPSA) is 46.6 Å². The molecule has 1 fully saturated rings. The van der Waals surface area contributed by atoms with Crippen LogP contribution >= 0.6 is 23.4 Å². The fourth-order valence-corrected chi connectivity index (χ4v) is 4.27. The summed E-state index contributed by atoms with van der Waals surface area (Å²) in [7, 11) is 0. The molecule has 0 radical (unpaired) electrons. The minimum atomic E-state index is -0.549. The van der Waals surface area contributed by atoms with Gasteiger partial charge in [0.2, 0.25) is 0 Å². The Bertz CT molecular complexity index is 582. The van der Waals surface area contributed by atoms with Crippen molar-refractivity contribution in [3.8, 4) is 0 Å². The Hall–Kier alpha value is -1.20. The van der Waals surface area contributed by atoms with E-state index in [1.165, 1.54) is 0 Å². The predicted octanol–water partition coefficient (Wildman–Crippen LogP) is 3.83. The van der Waals surface area contributed by atoms with Gasteiger partial charge in [-0.05, 0) is 36.6 Å². The first-order valence-corrected chi connectivity index (χ1v) is 9.05. The van der Waals surface area contributed by atoms with E-state index in [0.29, 0.717) is 22.9 Å². The van der Waals surface area contributed by atoms with Crippen molar-refractivity contribution in [2.45, 2.75) is 39.1 Å². The Morgan fingerprint density at radius 3 is 2.43 bits per heavy atom. The highest BCUT2D eigenvalue weighted by Gasteiger charge is 2.47. The van der Waals surface area contributed by atoms with Gasteiger partial charge >= 0.3 is 5.97 Å². The average molecular weight is 356 g/mol. The largest absolute Gasteiger partial charge is 0.464 e. The number of rotatable bonds is 3. The number of esters is 1. The van der Waals surface area contributed by atoms with Gasteiger partial charge in [0.25, 0.3) is 5.91 Å². The number of hydrogen-bond acceptors (Lipinski definition) is 4. The van der Waals surface area contributed by atoms with Crippen LogP contribution < -0.4 is 0 Å². The Morgan fingerprint density at radius 1 is 1.30 bits per heavy atom. The highest BCUT2D eigenvalue weighted by atomic mass is 35.5. The molecule has 1 aromatic rings. The maximum atomic E-state index is 13.0. The number of thioether (sulfide) groups is 1. The zero-order valence-electron chi connectivity index (χ0n) is 13.8. The molecular formula is C17H22ClNO3S. The zero-order valence-corrected chi connectivity index (χ0v) is 15.4. The number of benzene rings is 1. The summed E-state index contributed by atoms with van der Waals surface area (Å²) >= 11 is 7.52. The van der Waals surface area contributed by atoms with E-state index in [4.69, 9.17) is 16.3 Å².